The van der Waals surface area contributed by atoms with Gasteiger partial charge >= 0.3 is 0 Å². The molecule has 2 N–H and O–H groups in total. The lowest BCUT2D eigenvalue weighted by atomic mass is 9.84. The Morgan fingerprint density at radius 1 is 1.14 bits per heavy atom. The predicted molar refractivity (Wildman–Crippen MR) is 134 cm³/mol. The van der Waals surface area contributed by atoms with Gasteiger partial charge in [0.25, 0.3) is 0 Å². The second-order valence-corrected chi connectivity index (χ2v) is 9.61. The number of aryl methyl sites for hydroxylation is 2. The van der Waals surface area contributed by atoms with Crippen LogP contribution in [-0.4, -0.2) is 41.9 Å². The number of nitrogens with one attached hydrogen (secondary N) is 2. The van der Waals surface area contributed by atoms with E-state index in [1.165, 1.54) is 19.3 Å². The summed E-state index contributed by atoms with van der Waals surface area (Å²) in [6.45, 7) is 7.43. The van der Waals surface area contributed by atoms with E-state index in [4.69, 9.17) is 4.98 Å². The average molecular weight is 469 g/mol. The number of rotatable bonds is 6. The minimum atomic E-state index is -0.778. The predicted octanol–water partition coefficient (Wildman–Crippen LogP) is 3.84. The largest absolute Gasteiger partial charge is 0.324 e. The van der Waals surface area contributed by atoms with Crippen molar-refractivity contribution in [1.82, 2.24) is 34.8 Å². The van der Waals surface area contributed by atoms with E-state index in [2.05, 4.69) is 48.1 Å². The Bertz CT molecular complexity index is 1440. The Balaban J connectivity index is 1.44. The molecule has 4 heterocycles. The first kappa shape index (κ1) is 21.8. The molecule has 4 aromatic rings. The minimum Gasteiger partial charge on any atom is -0.324 e. The van der Waals surface area contributed by atoms with E-state index in [0.29, 0.717) is 23.8 Å². The van der Waals surface area contributed by atoms with Crippen LogP contribution in [-0.2, 0) is 16.9 Å². The summed E-state index contributed by atoms with van der Waals surface area (Å²) in [5.74, 6) is 2.10. The monoisotopic (exact) mass is 468 g/mol. The molecule has 0 saturated heterocycles. The van der Waals surface area contributed by atoms with Crippen molar-refractivity contribution >= 4 is 22.8 Å². The lowest BCUT2D eigenvalue weighted by Crippen LogP contribution is -2.48. The standard InChI is InChI=1S/C26H28N8O/c1-4-34-23(18-12-27-15(2)28-13-18)33-22-21(29-14-30-24(22)34)17-8-9-20-19(10-17)26(3,25(35)32-20)31-11-16-6-5-7-16/h8-10,12-14,16,31H,4-7,11H2,1-3H3,(H,32,35). The summed E-state index contributed by atoms with van der Waals surface area (Å²) in [5.41, 5.74) is 4.94. The number of aromatic nitrogens is 6. The average Bonchev–Trinajstić information content (AvgIpc) is 3.33. The Morgan fingerprint density at radius 3 is 2.66 bits per heavy atom. The van der Waals surface area contributed by atoms with Crippen molar-refractivity contribution in [3.63, 3.8) is 0 Å². The lowest BCUT2D eigenvalue weighted by molar-refractivity contribution is -0.121. The molecular formula is C26H28N8O. The molecule has 1 fully saturated rings. The molecule has 9 nitrogen and oxygen atoms in total. The first-order chi connectivity index (χ1) is 17.0. The van der Waals surface area contributed by atoms with E-state index in [1.807, 2.05) is 26.0 Å². The van der Waals surface area contributed by atoms with Gasteiger partial charge in [-0.15, -0.1) is 0 Å². The molecule has 1 aromatic carbocycles. The maximum atomic E-state index is 13.0. The van der Waals surface area contributed by atoms with Gasteiger partial charge in [-0.05, 0) is 58.2 Å². The maximum Gasteiger partial charge on any atom is 0.249 e. The zero-order valence-corrected chi connectivity index (χ0v) is 20.2. The number of fused-ring (bicyclic) bond motifs is 2. The molecule has 1 saturated carbocycles. The zero-order valence-electron chi connectivity index (χ0n) is 20.2. The van der Waals surface area contributed by atoms with Crippen molar-refractivity contribution in [2.45, 2.75) is 52.1 Å². The molecule has 178 valence electrons. The van der Waals surface area contributed by atoms with Gasteiger partial charge in [0.05, 0.1) is 5.56 Å². The van der Waals surface area contributed by atoms with Crippen molar-refractivity contribution in [2.24, 2.45) is 5.92 Å². The number of anilines is 1. The van der Waals surface area contributed by atoms with Gasteiger partial charge in [-0.2, -0.15) is 0 Å². The number of carbonyl (C=O) groups is 1. The van der Waals surface area contributed by atoms with Crippen LogP contribution >= 0.6 is 0 Å². The van der Waals surface area contributed by atoms with Crippen LogP contribution in [0.5, 0.6) is 0 Å². The SMILES string of the molecule is CCn1c(-c2cnc(C)nc2)nc2c(-c3ccc4c(c3)C(C)(NCC3CCC3)C(=O)N4)ncnc21. The van der Waals surface area contributed by atoms with Crippen LogP contribution in [0, 0.1) is 12.8 Å². The van der Waals surface area contributed by atoms with Crippen LogP contribution in [0.15, 0.2) is 36.9 Å². The molecule has 0 radical (unpaired) electrons. The van der Waals surface area contributed by atoms with Crippen LogP contribution in [0.4, 0.5) is 5.69 Å². The normalized spacial score (nSPS) is 19.6. The number of imidazole rings is 1. The van der Waals surface area contributed by atoms with E-state index in [1.54, 1.807) is 18.7 Å². The second kappa shape index (κ2) is 8.20. The van der Waals surface area contributed by atoms with E-state index in [-0.39, 0.29) is 5.91 Å². The summed E-state index contributed by atoms with van der Waals surface area (Å²) in [4.78, 5) is 35.8. The highest BCUT2D eigenvalue weighted by Gasteiger charge is 2.43. The second-order valence-electron chi connectivity index (χ2n) is 9.61. The van der Waals surface area contributed by atoms with Crippen LogP contribution in [0.1, 0.15) is 44.5 Å². The molecule has 1 unspecified atom stereocenters. The molecule has 1 atom stereocenters. The molecule has 9 heteroatoms. The van der Waals surface area contributed by atoms with Gasteiger partial charge in [-0.1, -0.05) is 12.5 Å². The van der Waals surface area contributed by atoms with Gasteiger partial charge in [-0.3, -0.25) is 10.1 Å². The highest BCUT2D eigenvalue weighted by molar-refractivity contribution is 6.06. The molecule has 0 spiro atoms. The smallest absolute Gasteiger partial charge is 0.249 e. The molecule has 0 bridgehead atoms. The fourth-order valence-corrected chi connectivity index (χ4v) is 4.98. The molecule has 35 heavy (non-hydrogen) atoms. The van der Waals surface area contributed by atoms with Crippen molar-refractivity contribution < 1.29 is 4.79 Å². The number of hydrogen-bond donors (Lipinski definition) is 2. The molecule has 6 rings (SSSR count). The maximum absolute atomic E-state index is 13.0. The Labute approximate surface area is 203 Å². The summed E-state index contributed by atoms with van der Waals surface area (Å²) in [6.07, 6.45) is 8.88. The van der Waals surface area contributed by atoms with Gasteiger partial charge in [0, 0.05) is 35.8 Å². The van der Waals surface area contributed by atoms with E-state index >= 15 is 0 Å². The highest BCUT2D eigenvalue weighted by Crippen LogP contribution is 2.40. The van der Waals surface area contributed by atoms with Crippen molar-refractivity contribution in [3.05, 3.63) is 48.3 Å². The molecule has 3 aromatic heterocycles. The van der Waals surface area contributed by atoms with Gasteiger partial charge < -0.3 is 9.88 Å². The third-order valence-corrected chi connectivity index (χ3v) is 7.39. The zero-order chi connectivity index (χ0) is 24.2. The Hall–Kier alpha value is -3.72. The third kappa shape index (κ3) is 3.49. The molecule has 1 amide bonds. The van der Waals surface area contributed by atoms with Crippen LogP contribution in [0.2, 0.25) is 0 Å². The van der Waals surface area contributed by atoms with Crippen molar-refractivity contribution in [1.29, 1.82) is 0 Å². The van der Waals surface area contributed by atoms with Crippen molar-refractivity contribution in [2.75, 3.05) is 11.9 Å². The summed E-state index contributed by atoms with van der Waals surface area (Å²) in [6, 6.07) is 6.00. The molecular weight excluding hydrogens is 440 g/mol. The van der Waals surface area contributed by atoms with Gasteiger partial charge in [0.1, 0.15) is 34.7 Å². The Kier molecular flexibility index (Phi) is 5.10. The number of amides is 1. The molecule has 1 aliphatic heterocycles. The minimum absolute atomic E-state index is 0.0197. The van der Waals surface area contributed by atoms with E-state index in [9.17, 15) is 4.79 Å². The van der Waals surface area contributed by atoms with Crippen molar-refractivity contribution in [3.8, 4) is 22.6 Å². The van der Waals surface area contributed by atoms with Gasteiger partial charge in [0.15, 0.2) is 5.65 Å². The third-order valence-electron chi connectivity index (χ3n) is 7.39. The number of benzene rings is 1. The van der Waals surface area contributed by atoms with Crippen LogP contribution in [0.25, 0.3) is 33.8 Å². The summed E-state index contributed by atoms with van der Waals surface area (Å²) < 4.78 is 2.05. The summed E-state index contributed by atoms with van der Waals surface area (Å²) >= 11 is 0. The Morgan fingerprint density at radius 2 is 1.94 bits per heavy atom. The quantitative estimate of drug-likeness (QED) is 0.442. The molecule has 1 aliphatic carbocycles. The van der Waals surface area contributed by atoms with Crippen LogP contribution < -0.4 is 10.6 Å². The summed E-state index contributed by atoms with van der Waals surface area (Å²) in [7, 11) is 0. The van der Waals surface area contributed by atoms with Crippen LogP contribution in [0.3, 0.4) is 0 Å². The van der Waals surface area contributed by atoms with E-state index in [0.717, 1.165) is 46.1 Å². The lowest BCUT2D eigenvalue weighted by Gasteiger charge is -2.31. The number of carbonyl (C=O) groups excluding carboxylic acids is 1. The first-order valence-corrected chi connectivity index (χ1v) is 12.2. The highest BCUT2D eigenvalue weighted by atomic mass is 16.2. The topological polar surface area (TPSA) is 111 Å². The fraction of sp³-hybridized carbons (Fsp3) is 0.385. The van der Waals surface area contributed by atoms with E-state index < -0.39 is 5.54 Å². The first-order valence-electron chi connectivity index (χ1n) is 12.2. The number of hydrogen-bond acceptors (Lipinski definition) is 7. The van der Waals surface area contributed by atoms with Gasteiger partial charge in [-0.25, -0.2) is 24.9 Å². The fourth-order valence-electron chi connectivity index (χ4n) is 4.98. The number of nitrogens with zero attached hydrogens (tertiary/aromatic N) is 6. The molecule has 2 aliphatic rings. The summed E-state index contributed by atoms with van der Waals surface area (Å²) in [5, 5.41) is 6.60. The van der Waals surface area contributed by atoms with Gasteiger partial charge in [0.2, 0.25) is 5.91 Å².